The summed E-state index contributed by atoms with van der Waals surface area (Å²) in [5, 5.41) is 17.3. The Morgan fingerprint density at radius 2 is 2.00 bits per heavy atom. The molecule has 0 fully saturated rings. The molecule has 0 saturated carbocycles. The van der Waals surface area contributed by atoms with Crippen molar-refractivity contribution in [1.29, 1.82) is 0 Å². The van der Waals surface area contributed by atoms with Gasteiger partial charge in [0.2, 0.25) is 0 Å². The van der Waals surface area contributed by atoms with Crippen LogP contribution in [0.2, 0.25) is 0 Å². The van der Waals surface area contributed by atoms with Crippen LogP contribution in [0.3, 0.4) is 0 Å². The van der Waals surface area contributed by atoms with Crippen molar-refractivity contribution in [2.45, 2.75) is 26.5 Å². The van der Waals surface area contributed by atoms with E-state index in [2.05, 4.69) is 10.4 Å². The van der Waals surface area contributed by atoms with Gasteiger partial charge in [0.15, 0.2) is 0 Å². The average Bonchev–Trinajstić information content (AvgIpc) is 2.76. The van der Waals surface area contributed by atoms with E-state index in [4.69, 9.17) is 4.74 Å². The highest BCUT2D eigenvalue weighted by Crippen LogP contribution is 2.18. The van der Waals surface area contributed by atoms with Gasteiger partial charge in [0.05, 0.1) is 24.1 Å². The maximum absolute atomic E-state index is 13.0. The number of aliphatic hydroxyl groups excluding tert-OH is 1. The number of benzene rings is 1. The van der Waals surface area contributed by atoms with Crippen LogP contribution < -0.4 is 5.32 Å². The number of rotatable bonds is 7. The predicted molar refractivity (Wildman–Crippen MR) is 82.6 cm³/mol. The maximum atomic E-state index is 13.0. The van der Waals surface area contributed by atoms with Crippen molar-refractivity contribution in [2.24, 2.45) is 0 Å². The quantitative estimate of drug-likeness (QED) is 0.818. The SMILES string of the molecule is COCC(O)CNCc1c(C)nn(-c2ccc(F)cc2)c1C. The molecule has 1 aromatic carbocycles. The summed E-state index contributed by atoms with van der Waals surface area (Å²) in [5.41, 5.74) is 3.81. The van der Waals surface area contributed by atoms with Gasteiger partial charge in [0, 0.05) is 31.5 Å². The van der Waals surface area contributed by atoms with Gasteiger partial charge >= 0.3 is 0 Å². The van der Waals surface area contributed by atoms with Crippen LogP contribution in [0.1, 0.15) is 17.0 Å². The Kier molecular flexibility index (Phi) is 5.65. The van der Waals surface area contributed by atoms with Crippen LogP contribution in [0.4, 0.5) is 4.39 Å². The third-order valence-electron chi connectivity index (χ3n) is 3.55. The molecule has 22 heavy (non-hydrogen) atoms. The fourth-order valence-electron chi connectivity index (χ4n) is 2.38. The lowest BCUT2D eigenvalue weighted by atomic mass is 10.2. The van der Waals surface area contributed by atoms with Gasteiger partial charge in [0.25, 0.3) is 0 Å². The molecular formula is C16H22FN3O2. The molecule has 0 radical (unpaired) electrons. The highest BCUT2D eigenvalue weighted by Gasteiger charge is 2.13. The highest BCUT2D eigenvalue weighted by atomic mass is 19.1. The standard InChI is InChI=1S/C16H22FN3O2/c1-11-16(9-18-8-15(21)10-22-3)12(2)20(19-11)14-6-4-13(17)5-7-14/h4-7,15,18,21H,8-10H2,1-3H3. The first-order valence-corrected chi connectivity index (χ1v) is 7.21. The van der Waals surface area contributed by atoms with E-state index in [0.29, 0.717) is 19.7 Å². The maximum Gasteiger partial charge on any atom is 0.123 e. The molecule has 5 nitrogen and oxygen atoms in total. The second-order valence-electron chi connectivity index (χ2n) is 5.28. The number of methoxy groups -OCH3 is 1. The van der Waals surface area contributed by atoms with Crippen LogP contribution in [0.15, 0.2) is 24.3 Å². The summed E-state index contributed by atoms with van der Waals surface area (Å²) >= 11 is 0. The van der Waals surface area contributed by atoms with Gasteiger partial charge in [-0.2, -0.15) is 5.10 Å². The van der Waals surface area contributed by atoms with Gasteiger partial charge < -0.3 is 15.2 Å². The molecule has 0 aliphatic carbocycles. The number of aliphatic hydroxyl groups is 1. The molecular weight excluding hydrogens is 285 g/mol. The second-order valence-corrected chi connectivity index (χ2v) is 5.28. The first-order chi connectivity index (χ1) is 10.5. The molecule has 0 aliphatic heterocycles. The highest BCUT2D eigenvalue weighted by molar-refractivity contribution is 5.37. The minimum atomic E-state index is -0.530. The summed E-state index contributed by atoms with van der Waals surface area (Å²) in [7, 11) is 1.56. The number of nitrogens with one attached hydrogen (secondary N) is 1. The fourth-order valence-corrected chi connectivity index (χ4v) is 2.38. The first-order valence-electron chi connectivity index (χ1n) is 7.21. The Hall–Kier alpha value is -1.76. The molecule has 2 N–H and O–H groups in total. The van der Waals surface area contributed by atoms with Gasteiger partial charge in [-0.25, -0.2) is 9.07 Å². The fraction of sp³-hybridized carbons (Fsp3) is 0.438. The summed E-state index contributed by atoms with van der Waals surface area (Å²) in [6.45, 7) is 5.29. The van der Waals surface area contributed by atoms with Crippen LogP contribution in [0, 0.1) is 19.7 Å². The van der Waals surface area contributed by atoms with Crippen LogP contribution in [0.5, 0.6) is 0 Å². The first kappa shape index (κ1) is 16.6. The number of halogens is 1. The molecule has 0 bridgehead atoms. The summed E-state index contributed by atoms with van der Waals surface area (Å²) in [4.78, 5) is 0. The summed E-state index contributed by atoms with van der Waals surface area (Å²) in [6, 6.07) is 6.25. The molecule has 0 spiro atoms. The van der Waals surface area contributed by atoms with Crippen LogP contribution in [-0.4, -0.2) is 41.3 Å². The molecule has 6 heteroatoms. The number of hydrogen-bond acceptors (Lipinski definition) is 4. The van der Waals surface area contributed by atoms with Crippen molar-refractivity contribution in [3.63, 3.8) is 0 Å². The number of aryl methyl sites for hydroxylation is 1. The normalized spacial score (nSPS) is 12.6. The zero-order valence-corrected chi connectivity index (χ0v) is 13.1. The average molecular weight is 307 g/mol. The molecule has 0 saturated heterocycles. The third kappa shape index (κ3) is 3.91. The minimum Gasteiger partial charge on any atom is -0.389 e. The topological polar surface area (TPSA) is 59.3 Å². The van der Waals surface area contributed by atoms with Gasteiger partial charge in [-0.05, 0) is 38.1 Å². The Morgan fingerprint density at radius 3 is 2.64 bits per heavy atom. The van der Waals surface area contributed by atoms with Crippen LogP contribution in [0.25, 0.3) is 5.69 Å². The molecule has 2 rings (SSSR count). The van der Waals surface area contributed by atoms with Gasteiger partial charge in [0.1, 0.15) is 5.82 Å². The molecule has 1 heterocycles. The largest absolute Gasteiger partial charge is 0.389 e. The predicted octanol–water partition coefficient (Wildman–Crippen LogP) is 1.73. The van der Waals surface area contributed by atoms with E-state index in [-0.39, 0.29) is 5.82 Å². The van der Waals surface area contributed by atoms with E-state index in [1.165, 1.54) is 12.1 Å². The monoisotopic (exact) mass is 307 g/mol. The van der Waals surface area contributed by atoms with Crippen molar-refractivity contribution in [3.05, 3.63) is 47.0 Å². The van der Waals surface area contributed by atoms with E-state index in [0.717, 1.165) is 22.6 Å². The van der Waals surface area contributed by atoms with E-state index in [1.54, 1.807) is 23.9 Å². The Morgan fingerprint density at radius 1 is 1.32 bits per heavy atom. The molecule has 0 aliphatic rings. The molecule has 1 aromatic heterocycles. The molecule has 2 aromatic rings. The lowest BCUT2D eigenvalue weighted by Gasteiger charge is -2.11. The van der Waals surface area contributed by atoms with Gasteiger partial charge in [-0.1, -0.05) is 0 Å². The van der Waals surface area contributed by atoms with Crippen molar-refractivity contribution in [1.82, 2.24) is 15.1 Å². The van der Waals surface area contributed by atoms with E-state index >= 15 is 0 Å². The van der Waals surface area contributed by atoms with E-state index in [1.807, 2.05) is 13.8 Å². The van der Waals surface area contributed by atoms with Crippen LogP contribution in [-0.2, 0) is 11.3 Å². The number of ether oxygens (including phenoxy) is 1. The van der Waals surface area contributed by atoms with E-state index < -0.39 is 6.10 Å². The molecule has 1 atom stereocenters. The lowest BCUT2D eigenvalue weighted by molar-refractivity contribution is 0.0644. The van der Waals surface area contributed by atoms with Crippen molar-refractivity contribution in [3.8, 4) is 5.69 Å². The van der Waals surface area contributed by atoms with Crippen LogP contribution >= 0.6 is 0 Å². The van der Waals surface area contributed by atoms with Crippen molar-refractivity contribution < 1.29 is 14.2 Å². The Bertz CT molecular complexity index is 611. The second kappa shape index (κ2) is 7.49. The zero-order valence-electron chi connectivity index (χ0n) is 13.1. The summed E-state index contributed by atoms with van der Waals surface area (Å²) in [5.74, 6) is -0.265. The molecule has 0 amide bonds. The zero-order chi connectivity index (χ0) is 16.1. The van der Waals surface area contributed by atoms with Gasteiger partial charge in [-0.15, -0.1) is 0 Å². The summed E-state index contributed by atoms with van der Waals surface area (Å²) < 4.78 is 19.7. The smallest absolute Gasteiger partial charge is 0.123 e. The number of hydrogen-bond donors (Lipinski definition) is 2. The molecule has 120 valence electrons. The minimum absolute atomic E-state index is 0.265. The Labute approximate surface area is 129 Å². The van der Waals surface area contributed by atoms with E-state index in [9.17, 15) is 9.50 Å². The van der Waals surface area contributed by atoms with Crippen molar-refractivity contribution in [2.75, 3.05) is 20.3 Å². The van der Waals surface area contributed by atoms with Crippen molar-refractivity contribution >= 4 is 0 Å². The Balaban J connectivity index is 2.09. The third-order valence-corrected chi connectivity index (χ3v) is 3.55. The summed E-state index contributed by atoms with van der Waals surface area (Å²) in [6.07, 6.45) is -0.530. The lowest BCUT2D eigenvalue weighted by Crippen LogP contribution is -2.29. The van der Waals surface area contributed by atoms with Gasteiger partial charge in [-0.3, -0.25) is 0 Å². The number of nitrogens with zero attached hydrogens (tertiary/aromatic N) is 2. The molecule has 1 unspecified atom stereocenters. The number of aromatic nitrogens is 2.